The van der Waals surface area contributed by atoms with Gasteiger partial charge >= 0.3 is 0 Å². The Morgan fingerprint density at radius 2 is 2.24 bits per heavy atom. The van der Waals surface area contributed by atoms with Crippen LogP contribution in [0.25, 0.3) is 0 Å². The molecule has 21 heavy (non-hydrogen) atoms. The van der Waals surface area contributed by atoms with Crippen LogP contribution in [0.3, 0.4) is 0 Å². The lowest BCUT2D eigenvalue weighted by Crippen LogP contribution is -2.28. The van der Waals surface area contributed by atoms with Crippen LogP contribution in [0.5, 0.6) is 0 Å². The summed E-state index contributed by atoms with van der Waals surface area (Å²) in [5.74, 6) is 0.384. The van der Waals surface area contributed by atoms with Crippen molar-refractivity contribution in [3.63, 3.8) is 0 Å². The first-order valence-corrected chi connectivity index (χ1v) is 8.02. The summed E-state index contributed by atoms with van der Waals surface area (Å²) in [6, 6.07) is 0. The van der Waals surface area contributed by atoms with Gasteiger partial charge in [-0.25, -0.2) is 13.1 Å². The van der Waals surface area contributed by atoms with Gasteiger partial charge in [-0.15, -0.1) is 0 Å². The number of H-pyrrole nitrogens is 1. The Kier molecular flexibility index (Phi) is 5.04. The van der Waals surface area contributed by atoms with Crippen LogP contribution in [0.2, 0.25) is 0 Å². The molecule has 0 radical (unpaired) electrons. The second-order valence-electron chi connectivity index (χ2n) is 4.39. The van der Waals surface area contributed by atoms with Crippen molar-refractivity contribution < 1.29 is 12.9 Å². The molecule has 9 nitrogen and oxygen atoms in total. The topological polar surface area (TPSA) is 126 Å². The highest BCUT2D eigenvalue weighted by Crippen LogP contribution is 2.17. The predicted octanol–water partition coefficient (Wildman–Crippen LogP) is -0.268. The fourth-order valence-electron chi connectivity index (χ4n) is 1.86. The first-order valence-electron chi connectivity index (χ1n) is 6.54. The zero-order valence-corrected chi connectivity index (χ0v) is 12.7. The lowest BCUT2D eigenvalue weighted by atomic mass is 10.3. The summed E-state index contributed by atoms with van der Waals surface area (Å²) < 4.78 is 32.1. The fraction of sp³-hybridized carbons (Fsp3) is 0.545. The summed E-state index contributed by atoms with van der Waals surface area (Å²) in [6.45, 7) is 4.91. The molecule has 0 amide bonds. The molecule has 0 bridgehead atoms. The average molecular weight is 314 g/mol. The smallest absolute Gasteiger partial charge is 0.244 e. The van der Waals surface area contributed by atoms with E-state index < -0.39 is 10.0 Å². The number of hydrogen-bond acceptors (Lipinski definition) is 7. The molecular weight excluding hydrogens is 296 g/mol. The maximum Gasteiger partial charge on any atom is 0.244 e. The maximum absolute atomic E-state index is 12.4. The monoisotopic (exact) mass is 314 g/mol. The SMILES string of the molecule is CCNCc1n[nH]c(C)c1S(=O)(=O)NCCc1ncno1. The first-order chi connectivity index (χ1) is 10.0. The molecular formula is C11H18N6O3S. The molecule has 0 saturated carbocycles. The van der Waals surface area contributed by atoms with Gasteiger partial charge in [-0.05, 0) is 13.5 Å². The van der Waals surface area contributed by atoms with E-state index in [2.05, 4.69) is 30.4 Å². The van der Waals surface area contributed by atoms with Gasteiger partial charge in [-0.3, -0.25) is 5.10 Å². The van der Waals surface area contributed by atoms with Gasteiger partial charge in [0.25, 0.3) is 0 Å². The minimum atomic E-state index is -3.64. The number of rotatable bonds is 8. The molecule has 0 fully saturated rings. The molecule has 0 aromatic carbocycles. The van der Waals surface area contributed by atoms with Gasteiger partial charge in [0.1, 0.15) is 4.90 Å². The standard InChI is InChI=1S/C11H18N6O3S/c1-3-12-6-9-11(8(2)16-17-9)21(18,19)15-5-4-10-13-7-14-20-10/h7,12,15H,3-6H2,1-2H3,(H,16,17). The second kappa shape index (κ2) is 6.78. The minimum Gasteiger partial charge on any atom is -0.340 e. The highest BCUT2D eigenvalue weighted by molar-refractivity contribution is 7.89. The zero-order chi connectivity index (χ0) is 15.3. The normalized spacial score (nSPS) is 11.9. The van der Waals surface area contributed by atoms with Crippen molar-refractivity contribution in [1.82, 2.24) is 30.4 Å². The van der Waals surface area contributed by atoms with Gasteiger partial charge in [-0.2, -0.15) is 10.1 Å². The van der Waals surface area contributed by atoms with Crippen molar-refractivity contribution in [2.75, 3.05) is 13.1 Å². The molecule has 0 spiro atoms. The van der Waals surface area contributed by atoms with Gasteiger partial charge in [-0.1, -0.05) is 12.1 Å². The van der Waals surface area contributed by atoms with Crippen LogP contribution in [-0.2, 0) is 23.0 Å². The van der Waals surface area contributed by atoms with Gasteiger partial charge < -0.3 is 9.84 Å². The molecule has 2 aromatic rings. The van der Waals surface area contributed by atoms with Gasteiger partial charge in [0.15, 0.2) is 6.33 Å². The average Bonchev–Trinajstić information content (AvgIpc) is 3.06. The Hall–Kier alpha value is -1.78. The predicted molar refractivity (Wildman–Crippen MR) is 73.9 cm³/mol. The van der Waals surface area contributed by atoms with Crippen molar-refractivity contribution in [2.24, 2.45) is 0 Å². The van der Waals surface area contributed by atoms with Crippen LogP contribution in [0.1, 0.15) is 24.2 Å². The molecule has 0 aliphatic heterocycles. The maximum atomic E-state index is 12.4. The number of nitrogens with zero attached hydrogens (tertiary/aromatic N) is 3. The Labute approximate surface area is 122 Å². The van der Waals surface area contributed by atoms with Crippen LogP contribution in [0, 0.1) is 6.92 Å². The summed E-state index contributed by atoms with van der Waals surface area (Å²) in [5, 5.41) is 13.3. The molecule has 0 unspecified atom stereocenters. The largest absolute Gasteiger partial charge is 0.340 e. The third-order valence-electron chi connectivity index (χ3n) is 2.81. The number of aryl methyl sites for hydroxylation is 1. The van der Waals surface area contributed by atoms with E-state index in [0.717, 1.165) is 6.54 Å². The molecule has 3 N–H and O–H groups in total. The van der Waals surface area contributed by atoms with E-state index in [-0.39, 0.29) is 11.4 Å². The molecule has 2 aromatic heterocycles. The number of aromatic amines is 1. The van der Waals surface area contributed by atoms with Crippen molar-refractivity contribution in [3.05, 3.63) is 23.6 Å². The van der Waals surface area contributed by atoms with Crippen molar-refractivity contribution in [2.45, 2.75) is 31.7 Å². The number of nitrogens with one attached hydrogen (secondary N) is 3. The molecule has 10 heteroatoms. The lowest BCUT2D eigenvalue weighted by molar-refractivity contribution is 0.377. The second-order valence-corrected chi connectivity index (χ2v) is 6.09. The van der Waals surface area contributed by atoms with E-state index in [1.54, 1.807) is 6.92 Å². The van der Waals surface area contributed by atoms with Crippen LogP contribution in [0.15, 0.2) is 15.7 Å². The quantitative estimate of drug-likeness (QED) is 0.612. The Bertz CT molecular complexity index is 664. The third-order valence-corrected chi connectivity index (χ3v) is 4.47. The highest BCUT2D eigenvalue weighted by Gasteiger charge is 2.23. The minimum absolute atomic E-state index is 0.176. The summed E-state index contributed by atoms with van der Waals surface area (Å²) in [6.07, 6.45) is 1.61. The molecule has 116 valence electrons. The van der Waals surface area contributed by atoms with E-state index in [1.165, 1.54) is 6.33 Å². The number of sulfonamides is 1. The molecule has 0 saturated heterocycles. The Morgan fingerprint density at radius 1 is 1.43 bits per heavy atom. The van der Waals surface area contributed by atoms with Crippen molar-refractivity contribution >= 4 is 10.0 Å². The van der Waals surface area contributed by atoms with Gasteiger partial charge in [0, 0.05) is 19.5 Å². The third kappa shape index (κ3) is 3.86. The summed E-state index contributed by atoms with van der Waals surface area (Å²) >= 11 is 0. The molecule has 0 aliphatic rings. The number of aromatic nitrogens is 4. The van der Waals surface area contributed by atoms with Crippen molar-refractivity contribution in [1.29, 1.82) is 0 Å². The van der Waals surface area contributed by atoms with E-state index >= 15 is 0 Å². The summed E-state index contributed by atoms with van der Waals surface area (Å²) in [5.41, 5.74) is 0.979. The summed E-state index contributed by atoms with van der Waals surface area (Å²) in [7, 11) is -3.64. The Balaban J connectivity index is 2.06. The van der Waals surface area contributed by atoms with Crippen LogP contribution in [0.4, 0.5) is 0 Å². The number of hydrogen-bond donors (Lipinski definition) is 3. The van der Waals surface area contributed by atoms with E-state index in [9.17, 15) is 8.42 Å². The Morgan fingerprint density at radius 3 is 2.90 bits per heavy atom. The van der Waals surface area contributed by atoms with Gasteiger partial charge in [0.2, 0.25) is 15.9 Å². The van der Waals surface area contributed by atoms with E-state index in [1.807, 2.05) is 6.92 Å². The summed E-state index contributed by atoms with van der Waals surface area (Å²) in [4.78, 5) is 4.02. The molecule has 0 aliphatic carbocycles. The van der Waals surface area contributed by atoms with E-state index in [4.69, 9.17) is 4.52 Å². The van der Waals surface area contributed by atoms with Crippen LogP contribution >= 0.6 is 0 Å². The highest BCUT2D eigenvalue weighted by atomic mass is 32.2. The molecule has 0 atom stereocenters. The van der Waals surface area contributed by atoms with E-state index in [0.29, 0.717) is 30.2 Å². The molecule has 2 heterocycles. The molecule has 2 rings (SSSR count). The first kappa shape index (κ1) is 15.6. The van der Waals surface area contributed by atoms with Crippen LogP contribution < -0.4 is 10.0 Å². The van der Waals surface area contributed by atoms with Crippen molar-refractivity contribution in [3.8, 4) is 0 Å². The lowest BCUT2D eigenvalue weighted by Gasteiger charge is -2.07. The fourth-order valence-corrected chi connectivity index (χ4v) is 3.25. The van der Waals surface area contributed by atoms with Gasteiger partial charge in [0.05, 0.1) is 11.4 Å². The zero-order valence-electron chi connectivity index (χ0n) is 11.9. The van der Waals surface area contributed by atoms with Crippen LogP contribution in [-0.4, -0.2) is 41.8 Å².